The Morgan fingerprint density at radius 1 is 0.943 bits per heavy atom. The quantitative estimate of drug-likeness (QED) is 0.459. The minimum absolute atomic E-state index is 0.210. The molecule has 0 saturated carbocycles. The number of hydrogen-bond acceptors (Lipinski definition) is 4. The normalized spacial score (nSPS) is 12.7. The van der Waals surface area contributed by atoms with Crippen molar-refractivity contribution in [1.29, 1.82) is 5.26 Å². The van der Waals surface area contributed by atoms with Gasteiger partial charge in [0.25, 0.3) is 11.8 Å². The van der Waals surface area contributed by atoms with Gasteiger partial charge in [-0.15, -0.1) is 0 Å². The number of carbonyl (C=O) groups is 2. The molecule has 2 heterocycles. The lowest BCUT2D eigenvalue weighted by atomic mass is 10.0. The molecule has 35 heavy (non-hydrogen) atoms. The van der Waals surface area contributed by atoms with Gasteiger partial charge >= 0.3 is 0 Å². The first-order valence-corrected chi connectivity index (χ1v) is 11.4. The zero-order valence-electron chi connectivity index (χ0n) is 19.0. The third-order valence-electron chi connectivity index (χ3n) is 6.11. The predicted octanol–water partition coefficient (Wildman–Crippen LogP) is 4.45. The highest BCUT2D eigenvalue weighted by Gasteiger charge is 2.32. The lowest BCUT2D eigenvalue weighted by Gasteiger charge is -2.28. The molecule has 0 radical (unpaired) electrons. The number of benzene rings is 3. The van der Waals surface area contributed by atoms with Crippen molar-refractivity contribution in [2.75, 3.05) is 16.8 Å². The van der Waals surface area contributed by atoms with Gasteiger partial charge < -0.3 is 10.2 Å². The number of aromatic nitrogens is 2. The largest absolute Gasteiger partial charge is 0.322 e. The Bertz CT molecular complexity index is 1420. The van der Waals surface area contributed by atoms with Gasteiger partial charge in [-0.25, -0.2) is 0 Å². The summed E-state index contributed by atoms with van der Waals surface area (Å²) >= 11 is 0. The van der Waals surface area contributed by atoms with E-state index in [4.69, 9.17) is 5.26 Å². The molecule has 2 amide bonds. The van der Waals surface area contributed by atoms with E-state index in [-0.39, 0.29) is 17.2 Å². The van der Waals surface area contributed by atoms with Crippen molar-refractivity contribution in [2.45, 2.75) is 19.4 Å². The molecule has 1 aliphatic heterocycles. The lowest BCUT2D eigenvalue weighted by molar-refractivity contribution is 0.0947. The minimum Gasteiger partial charge on any atom is -0.322 e. The number of aryl methyl sites for hydroxylation is 2. The SMILES string of the molecule is N#Cc1cccc(NC(=O)c2cnn3c2C(=O)N(c2ccc(CCc4ccccc4)cc2)CC3)c1. The Kier molecular flexibility index (Phi) is 6.10. The molecule has 0 spiro atoms. The fourth-order valence-electron chi connectivity index (χ4n) is 4.26. The number of anilines is 2. The van der Waals surface area contributed by atoms with Crippen molar-refractivity contribution in [2.24, 2.45) is 0 Å². The van der Waals surface area contributed by atoms with Gasteiger partial charge in [-0.1, -0.05) is 48.5 Å². The van der Waals surface area contributed by atoms with Crippen LogP contribution in [-0.2, 0) is 19.4 Å². The maximum absolute atomic E-state index is 13.4. The molecule has 1 aliphatic rings. The number of rotatable bonds is 6. The topological polar surface area (TPSA) is 91.0 Å². The molecule has 172 valence electrons. The summed E-state index contributed by atoms with van der Waals surface area (Å²) in [6.45, 7) is 0.968. The van der Waals surface area contributed by atoms with Crippen LogP contribution in [0.2, 0.25) is 0 Å². The maximum Gasteiger partial charge on any atom is 0.277 e. The smallest absolute Gasteiger partial charge is 0.277 e. The molecule has 4 aromatic rings. The third kappa shape index (κ3) is 4.68. The molecule has 0 aliphatic carbocycles. The summed E-state index contributed by atoms with van der Waals surface area (Å²) in [6, 6.07) is 27.0. The Morgan fingerprint density at radius 3 is 2.43 bits per heavy atom. The second-order valence-electron chi connectivity index (χ2n) is 8.39. The number of carbonyl (C=O) groups excluding carboxylic acids is 2. The Labute approximate surface area is 203 Å². The number of nitrogens with one attached hydrogen (secondary N) is 1. The third-order valence-corrected chi connectivity index (χ3v) is 6.11. The maximum atomic E-state index is 13.4. The van der Waals surface area contributed by atoms with Crippen molar-refractivity contribution in [3.8, 4) is 6.07 Å². The zero-order valence-corrected chi connectivity index (χ0v) is 19.0. The van der Waals surface area contributed by atoms with Gasteiger partial charge in [0.2, 0.25) is 0 Å². The molecule has 7 nitrogen and oxygen atoms in total. The van der Waals surface area contributed by atoms with E-state index in [1.54, 1.807) is 33.8 Å². The first-order valence-electron chi connectivity index (χ1n) is 11.4. The summed E-state index contributed by atoms with van der Waals surface area (Å²) in [6.07, 6.45) is 3.30. The summed E-state index contributed by atoms with van der Waals surface area (Å²) in [7, 11) is 0. The van der Waals surface area contributed by atoms with Gasteiger partial charge in [0.05, 0.1) is 29.9 Å². The number of nitriles is 1. The van der Waals surface area contributed by atoms with Crippen molar-refractivity contribution in [3.05, 3.63) is 113 Å². The molecule has 0 saturated heterocycles. The van der Waals surface area contributed by atoms with Crippen molar-refractivity contribution in [1.82, 2.24) is 9.78 Å². The predicted molar refractivity (Wildman–Crippen MR) is 133 cm³/mol. The van der Waals surface area contributed by atoms with Gasteiger partial charge in [-0.3, -0.25) is 14.3 Å². The van der Waals surface area contributed by atoms with Crippen molar-refractivity contribution >= 4 is 23.2 Å². The van der Waals surface area contributed by atoms with Crippen LogP contribution in [0.3, 0.4) is 0 Å². The summed E-state index contributed by atoms with van der Waals surface area (Å²) in [4.78, 5) is 28.0. The summed E-state index contributed by atoms with van der Waals surface area (Å²) < 4.78 is 1.58. The Morgan fingerprint density at radius 2 is 1.69 bits per heavy atom. The molecular weight excluding hydrogens is 438 g/mol. The van der Waals surface area contributed by atoms with Crippen LogP contribution in [0.4, 0.5) is 11.4 Å². The van der Waals surface area contributed by atoms with Gasteiger partial charge in [0.15, 0.2) is 0 Å². The van der Waals surface area contributed by atoms with Gasteiger partial charge in [0, 0.05) is 17.9 Å². The van der Waals surface area contributed by atoms with Gasteiger partial charge in [-0.05, 0) is 54.3 Å². The van der Waals surface area contributed by atoms with E-state index in [2.05, 4.69) is 22.5 Å². The lowest BCUT2D eigenvalue weighted by Crippen LogP contribution is -2.41. The highest BCUT2D eigenvalue weighted by molar-refractivity contribution is 6.15. The Balaban J connectivity index is 1.31. The monoisotopic (exact) mass is 461 g/mol. The van der Waals surface area contributed by atoms with E-state index in [0.717, 1.165) is 18.5 Å². The number of fused-ring (bicyclic) bond motifs is 1. The molecule has 1 aromatic heterocycles. The van der Waals surface area contributed by atoms with E-state index >= 15 is 0 Å². The van der Waals surface area contributed by atoms with E-state index in [9.17, 15) is 9.59 Å². The van der Waals surface area contributed by atoms with Crippen LogP contribution in [0.5, 0.6) is 0 Å². The molecule has 0 fully saturated rings. The van der Waals surface area contributed by atoms with Gasteiger partial charge in [-0.2, -0.15) is 10.4 Å². The molecule has 1 N–H and O–H groups in total. The molecule has 5 rings (SSSR count). The number of nitrogens with zero attached hydrogens (tertiary/aromatic N) is 4. The first-order chi connectivity index (χ1) is 17.1. The molecule has 0 bridgehead atoms. The standard InChI is InChI=1S/C28H23N5O2/c29-18-22-7-4-8-23(17-22)31-27(34)25-19-30-33-16-15-32(28(35)26(25)33)24-13-11-21(12-14-24)10-9-20-5-2-1-3-6-20/h1-8,11-14,17,19H,9-10,15-16H2,(H,31,34). The van der Waals surface area contributed by atoms with Crippen LogP contribution >= 0.6 is 0 Å². The molecule has 7 heteroatoms. The summed E-state index contributed by atoms with van der Waals surface area (Å²) in [5.74, 6) is -0.700. The van der Waals surface area contributed by atoms with E-state index in [1.165, 1.54) is 17.3 Å². The molecule has 0 atom stereocenters. The fourth-order valence-corrected chi connectivity index (χ4v) is 4.26. The molecule has 0 unspecified atom stereocenters. The minimum atomic E-state index is -0.437. The average Bonchev–Trinajstić information content (AvgIpc) is 3.34. The number of hydrogen-bond donors (Lipinski definition) is 1. The van der Waals surface area contributed by atoms with Crippen LogP contribution in [0.25, 0.3) is 0 Å². The highest BCUT2D eigenvalue weighted by atomic mass is 16.2. The fraction of sp³-hybridized carbons (Fsp3) is 0.143. The molecule has 3 aromatic carbocycles. The molecular formula is C28H23N5O2. The number of amides is 2. The van der Waals surface area contributed by atoms with Crippen LogP contribution < -0.4 is 10.2 Å². The van der Waals surface area contributed by atoms with Crippen molar-refractivity contribution < 1.29 is 9.59 Å². The van der Waals surface area contributed by atoms with Crippen LogP contribution in [0, 0.1) is 11.3 Å². The first kappa shape index (κ1) is 22.1. The van der Waals surface area contributed by atoms with Crippen LogP contribution in [0.15, 0.2) is 85.1 Å². The zero-order chi connectivity index (χ0) is 24.2. The summed E-state index contributed by atoms with van der Waals surface area (Å²) in [5, 5.41) is 16.1. The highest BCUT2D eigenvalue weighted by Crippen LogP contribution is 2.24. The second kappa shape index (κ2) is 9.65. The van der Waals surface area contributed by atoms with E-state index < -0.39 is 5.91 Å². The van der Waals surface area contributed by atoms with E-state index in [0.29, 0.717) is 24.3 Å². The van der Waals surface area contributed by atoms with Gasteiger partial charge in [0.1, 0.15) is 5.69 Å². The summed E-state index contributed by atoms with van der Waals surface area (Å²) in [5.41, 5.74) is 4.68. The van der Waals surface area contributed by atoms with Crippen LogP contribution in [0.1, 0.15) is 37.5 Å². The average molecular weight is 462 g/mol. The second-order valence-corrected chi connectivity index (χ2v) is 8.39. The van der Waals surface area contributed by atoms with Crippen molar-refractivity contribution in [3.63, 3.8) is 0 Å². The van der Waals surface area contributed by atoms with Crippen LogP contribution in [-0.4, -0.2) is 28.1 Å². The van der Waals surface area contributed by atoms with E-state index in [1.807, 2.05) is 48.5 Å². The Hall–Kier alpha value is -4.70.